The van der Waals surface area contributed by atoms with Crippen molar-refractivity contribution in [1.29, 1.82) is 0 Å². The molecule has 1 amide bonds. The Morgan fingerprint density at radius 2 is 2.22 bits per heavy atom. The van der Waals surface area contributed by atoms with Gasteiger partial charge in [0.15, 0.2) is 0 Å². The predicted octanol–water partition coefficient (Wildman–Crippen LogP) is 2.89. The van der Waals surface area contributed by atoms with Gasteiger partial charge in [-0.05, 0) is 24.6 Å². The molecule has 1 heterocycles. The second-order valence-corrected chi connectivity index (χ2v) is 4.82. The van der Waals surface area contributed by atoms with Gasteiger partial charge in [-0.2, -0.15) is 0 Å². The first-order chi connectivity index (χ1) is 10.6. The molecule has 0 radical (unpaired) electrons. The molecule has 0 spiro atoms. The van der Waals surface area contributed by atoms with Crippen LogP contribution >= 0.6 is 12.4 Å². The van der Waals surface area contributed by atoms with Crippen molar-refractivity contribution in [3.63, 3.8) is 0 Å². The molecule has 0 saturated carbocycles. The van der Waals surface area contributed by atoms with Crippen LogP contribution in [0.15, 0.2) is 41.0 Å². The number of hydrogen-bond donors (Lipinski definition) is 2. The number of rotatable bonds is 7. The first-order valence-corrected chi connectivity index (χ1v) is 7.10. The van der Waals surface area contributed by atoms with Gasteiger partial charge in [-0.3, -0.25) is 4.79 Å². The fourth-order valence-corrected chi connectivity index (χ4v) is 1.92. The summed E-state index contributed by atoms with van der Waals surface area (Å²) in [5.74, 6) is 0.372. The molecule has 0 aliphatic rings. The third-order valence-electron chi connectivity index (χ3n) is 3.16. The number of halogens is 2. The lowest BCUT2D eigenvalue weighted by molar-refractivity contribution is 0.0925. The third-order valence-corrected chi connectivity index (χ3v) is 3.16. The first kappa shape index (κ1) is 19.0. The summed E-state index contributed by atoms with van der Waals surface area (Å²) in [5.41, 5.74) is 5.85. The molecule has 0 saturated heterocycles. The molecule has 0 aliphatic heterocycles. The molecule has 0 bridgehead atoms. The second-order valence-electron chi connectivity index (χ2n) is 4.82. The second kappa shape index (κ2) is 9.17. The van der Waals surface area contributed by atoms with E-state index < -0.39 is 0 Å². The summed E-state index contributed by atoms with van der Waals surface area (Å²) in [6.07, 6.45) is 1.80. The monoisotopic (exact) mass is 342 g/mol. The summed E-state index contributed by atoms with van der Waals surface area (Å²) < 4.78 is 23.9. The Labute approximate surface area is 140 Å². The number of furan rings is 1. The van der Waals surface area contributed by atoms with Gasteiger partial charge in [-0.15, -0.1) is 12.4 Å². The van der Waals surface area contributed by atoms with Crippen LogP contribution < -0.4 is 15.8 Å². The van der Waals surface area contributed by atoms with Gasteiger partial charge in [0.25, 0.3) is 5.91 Å². The van der Waals surface area contributed by atoms with Crippen molar-refractivity contribution in [2.24, 2.45) is 5.73 Å². The van der Waals surface area contributed by atoms with Gasteiger partial charge in [-0.1, -0.05) is 13.0 Å². The van der Waals surface area contributed by atoms with Crippen LogP contribution in [0.4, 0.5) is 4.39 Å². The van der Waals surface area contributed by atoms with Gasteiger partial charge in [0.1, 0.15) is 29.7 Å². The molecule has 1 atom stereocenters. The number of benzene rings is 1. The van der Waals surface area contributed by atoms with Gasteiger partial charge < -0.3 is 20.2 Å². The van der Waals surface area contributed by atoms with Gasteiger partial charge >= 0.3 is 0 Å². The summed E-state index contributed by atoms with van der Waals surface area (Å²) in [4.78, 5) is 12.0. The molecule has 7 heteroatoms. The topological polar surface area (TPSA) is 77.5 Å². The van der Waals surface area contributed by atoms with E-state index in [9.17, 15) is 9.18 Å². The minimum absolute atomic E-state index is 0. The predicted molar refractivity (Wildman–Crippen MR) is 87.3 cm³/mol. The largest absolute Gasteiger partial charge is 0.489 e. The normalized spacial score (nSPS) is 11.4. The molecule has 5 nitrogen and oxygen atoms in total. The zero-order valence-corrected chi connectivity index (χ0v) is 13.6. The SMILES string of the molecule is CCC(CNC(=O)c1coc(CN)c1)Oc1cccc(F)c1.Cl. The molecule has 0 aliphatic carbocycles. The fraction of sp³-hybridized carbons (Fsp3) is 0.312. The van der Waals surface area contributed by atoms with Gasteiger partial charge in [0, 0.05) is 6.07 Å². The summed E-state index contributed by atoms with van der Waals surface area (Å²) in [6, 6.07) is 7.52. The van der Waals surface area contributed by atoms with Crippen LogP contribution in [0.1, 0.15) is 29.5 Å². The molecule has 1 unspecified atom stereocenters. The molecule has 2 rings (SSSR count). The number of carbonyl (C=O) groups excluding carboxylic acids is 1. The smallest absolute Gasteiger partial charge is 0.254 e. The fourth-order valence-electron chi connectivity index (χ4n) is 1.92. The number of nitrogens with two attached hydrogens (primary N) is 1. The van der Waals surface area contributed by atoms with E-state index in [0.717, 1.165) is 0 Å². The van der Waals surface area contributed by atoms with Gasteiger partial charge in [0.2, 0.25) is 0 Å². The molecule has 1 aromatic heterocycles. The zero-order chi connectivity index (χ0) is 15.9. The number of ether oxygens (including phenoxy) is 1. The van der Waals surface area contributed by atoms with Crippen molar-refractivity contribution >= 4 is 18.3 Å². The van der Waals surface area contributed by atoms with Crippen LogP contribution in [0.2, 0.25) is 0 Å². The lowest BCUT2D eigenvalue weighted by Gasteiger charge is -2.18. The highest BCUT2D eigenvalue weighted by atomic mass is 35.5. The van der Waals surface area contributed by atoms with Crippen LogP contribution in [-0.4, -0.2) is 18.6 Å². The highest BCUT2D eigenvalue weighted by Crippen LogP contribution is 2.15. The summed E-state index contributed by atoms with van der Waals surface area (Å²) in [6.45, 7) is 2.49. The van der Waals surface area contributed by atoms with E-state index in [-0.39, 0.29) is 36.8 Å². The van der Waals surface area contributed by atoms with Crippen LogP contribution in [0.5, 0.6) is 5.75 Å². The Bertz CT molecular complexity index is 633. The van der Waals surface area contributed by atoms with E-state index in [2.05, 4.69) is 5.32 Å². The Hall–Kier alpha value is -2.05. The number of amides is 1. The number of carbonyl (C=O) groups is 1. The molecule has 23 heavy (non-hydrogen) atoms. The highest BCUT2D eigenvalue weighted by molar-refractivity contribution is 5.93. The van der Waals surface area contributed by atoms with Crippen molar-refractivity contribution in [3.8, 4) is 5.75 Å². The molecular weight excluding hydrogens is 323 g/mol. The van der Waals surface area contributed by atoms with Crippen molar-refractivity contribution in [1.82, 2.24) is 5.32 Å². The van der Waals surface area contributed by atoms with Gasteiger partial charge in [-0.25, -0.2) is 4.39 Å². The Morgan fingerprint density at radius 3 is 2.83 bits per heavy atom. The van der Waals surface area contributed by atoms with E-state index in [4.69, 9.17) is 14.9 Å². The standard InChI is InChI=1S/C16H19FN2O3.ClH/c1-2-13(22-14-5-3-4-12(17)7-14)9-19-16(20)11-6-15(8-18)21-10-11;/h3-7,10,13H,2,8-9,18H2,1H3,(H,19,20);1H. The minimum Gasteiger partial charge on any atom is -0.489 e. The molecular formula is C16H20ClFN2O3. The molecule has 0 fully saturated rings. The summed E-state index contributed by atoms with van der Waals surface area (Å²) in [7, 11) is 0. The average molecular weight is 343 g/mol. The summed E-state index contributed by atoms with van der Waals surface area (Å²) in [5, 5.41) is 2.76. The lowest BCUT2D eigenvalue weighted by atomic mass is 10.2. The Morgan fingerprint density at radius 1 is 1.43 bits per heavy atom. The van der Waals surface area contributed by atoms with E-state index >= 15 is 0 Å². The molecule has 1 aromatic carbocycles. The maximum atomic E-state index is 13.1. The van der Waals surface area contributed by atoms with Crippen LogP contribution in [-0.2, 0) is 6.54 Å². The van der Waals surface area contributed by atoms with Crippen molar-refractivity contribution in [3.05, 3.63) is 53.7 Å². The van der Waals surface area contributed by atoms with Crippen LogP contribution in [0.25, 0.3) is 0 Å². The van der Waals surface area contributed by atoms with E-state index in [1.807, 2.05) is 6.92 Å². The van der Waals surface area contributed by atoms with Crippen molar-refractivity contribution < 1.29 is 18.3 Å². The quantitative estimate of drug-likeness (QED) is 0.811. The highest BCUT2D eigenvalue weighted by Gasteiger charge is 2.13. The third kappa shape index (κ3) is 5.58. The number of nitrogens with one attached hydrogen (secondary N) is 1. The molecule has 3 N–H and O–H groups in total. The van der Waals surface area contributed by atoms with Crippen molar-refractivity contribution in [2.75, 3.05) is 6.54 Å². The maximum Gasteiger partial charge on any atom is 0.254 e. The zero-order valence-electron chi connectivity index (χ0n) is 12.8. The first-order valence-electron chi connectivity index (χ1n) is 7.10. The van der Waals surface area contributed by atoms with Crippen LogP contribution in [0.3, 0.4) is 0 Å². The molecule has 126 valence electrons. The Balaban J connectivity index is 0.00000264. The summed E-state index contributed by atoms with van der Waals surface area (Å²) >= 11 is 0. The number of hydrogen-bond acceptors (Lipinski definition) is 4. The van der Waals surface area contributed by atoms with Gasteiger partial charge in [0.05, 0.1) is 18.7 Å². The maximum absolute atomic E-state index is 13.1. The van der Waals surface area contributed by atoms with E-state index in [1.54, 1.807) is 18.2 Å². The van der Waals surface area contributed by atoms with E-state index in [0.29, 0.717) is 30.0 Å². The molecule has 2 aromatic rings. The average Bonchev–Trinajstić information content (AvgIpc) is 3.00. The van der Waals surface area contributed by atoms with Crippen molar-refractivity contribution in [2.45, 2.75) is 26.0 Å². The lowest BCUT2D eigenvalue weighted by Crippen LogP contribution is -2.34. The minimum atomic E-state index is -0.357. The van der Waals surface area contributed by atoms with Crippen LogP contribution in [0, 0.1) is 5.82 Å². The van der Waals surface area contributed by atoms with E-state index in [1.165, 1.54) is 18.4 Å². The Kier molecular flexibility index (Phi) is 7.57.